The van der Waals surface area contributed by atoms with Gasteiger partial charge in [-0.2, -0.15) is 0 Å². The summed E-state index contributed by atoms with van der Waals surface area (Å²) in [6.45, 7) is 0. The van der Waals surface area contributed by atoms with E-state index in [1.807, 2.05) is 0 Å². The van der Waals surface area contributed by atoms with Crippen LogP contribution in [0.2, 0.25) is 0 Å². The molecule has 0 bridgehead atoms. The zero-order chi connectivity index (χ0) is 11.7. The van der Waals surface area contributed by atoms with Crippen molar-refractivity contribution in [2.45, 2.75) is 0 Å². The number of carbonyl (C=O) groups excluding carboxylic acids is 1. The van der Waals surface area contributed by atoms with Crippen LogP contribution < -0.4 is 0 Å². The summed E-state index contributed by atoms with van der Waals surface area (Å²) in [4.78, 5) is 25.0. The van der Waals surface area contributed by atoms with E-state index >= 15 is 0 Å². The van der Waals surface area contributed by atoms with Crippen LogP contribution in [0.4, 0.5) is 0 Å². The van der Waals surface area contributed by atoms with Gasteiger partial charge in [-0.3, -0.25) is 0 Å². The third-order valence-corrected chi connectivity index (χ3v) is 2.33. The number of aromatic amines is 1. The first-order chi connectivity index (χ1) is 7.63. The van der Waals surface area contributed by atoms with E-state index in [0.29, 0.717) is 16.5 Å². The average molecular weight is 219 g/mol. The van der Waals surface area contributed by atoms with Gasteiger partial charge in [0.2, 0.25) is 0 Å². The summed E-state index contributed by atoms with van der Waals surface area (Å²) in [7, 11) is 1.28. The van der Waals surface area contributed by atoms with Crippen molar-refractivity contribution < 1.29 is 19.4 Å². The molecule has 2 rings (SSSR count). The van der Waals surface area contributed by atoms with E-state index in [2.05, 4.69) is 9.72 Å². The van der Waals surface area contributed by atoms with Crippen LogP contribution in [0.25, 0.3) is 10.9 Å². The van der Waals surface area contributed by atoms with Crippen molar-refractivity contribution in [2.24, 2.45) is 0 Å². The fourth-order valence-electron chi connectivity index (χ4n) is 1.54. The number of methoxy groups -OCH3 is 1. The number of rotatable bonds is 2. The third-order valence-electron chi connectivity index (χ3n) is 2.33. The van der Waals surface area contributed by atoms with E-state index in [1.54, 1.807) is 12.1 Å². The van der Waals surface area contributed by atoms with Crippen LogP contribution in [0.5, 0.6) is 0 Å². The Balaban J connectivity index is 2.63. The predicted molar refractivity (Wildman–Crippen MR) is 56.6 cm³/mol. The highest BCUT2D eigenvalue weighted by molar-refractivity contribution is 6.05. The maximum Gasteiger partial charge on any atom is 0.337 e. The second-order valence-electron chi connectivity index (χ2n) is 3.26. The summed E-state index contributed by atoms with van der Waals surface area (Å²) in [6.07, 6.45) is 1.40. The number of carbonyl (C=O) groups is 2. The summed E-state index contributed by atoms with van der Waals surface area (Å²) < 4.78 is 4.57. The molecule has 0 aliphatic carbocycles. The van der Waals surface area contributed by atoms with Gasteiger partial charge in [0.05, 0.1) is 18.2 Å². The fourth-order valence-corrected chi connectivity index (χ4v) is 1.54. The number of H-pyrrole nitrogens is 1. The minimum atomic E-state index is -1.03. The molecule has 1 aromatic heterocycles. The average Bonchev–Trinajstić information content (AvgIpc) is 2.70. The fraction of sp³-hybridized carbons (Fsp3) is 0.0909. The number of aromatic nitrogens is 1. The molecule has 0 fully saturated rings. The highest BCUT2D eigenvalue weighted by Gasteiger charge is 2.13. The molecule has 0 saturated heterocycles. The standard InChI is InChI=1S/C11H9NO4/c1-16-11(15)6-2-3-9-7(4-6)8(5-12-9)10(13)14/h2-5,12H,1H3,(H,13,14). The van der Waals surface area contributed by atoms with Crippen LogP contribution in [-0.2, 0) is 4.74 Å². The first kappa shape index (κ1) is 10.2. The molecule has 0 saturated carbocycles. The maximum atomic E-state index is 11.3. The maximum absolute atomic E-state index is 11.3. The number of ether oxygens (including phenoxy) is 1. The van der Waals surface area contributed by atoms with Gasteiger partial charge in [0, 0.05) is 17.1 Å². The Kier molecular flexibility index (Phi) is 2.36. The van der Waals surface area contributed by atoms with Crippen molar-refractivity contribution >= 4 is 22.8 Å². The van der Waals surface area contributed by atoms with E-state index in [9.17, 15) is 9.59 Å². The van der Waals surface area contributed by atoms with E-state index in [4.69, 9.17) is 5.11 Å². The number of fused-ring (bicyclic) bond motifs is 1. The second kappa shape index (κ2) is 3.69. The van der Waals surface area contributed by atoms with Crippen molar-refractivity contribution in [3.63, 3.8) is 0 Å². The van der Waals surface area contributed by atoms with E-state index in [0.717, 1.165) is 0 Å². The Morgan fingerprint density at radius 1 is 1.38 bits per heavy atom. The van der Waals surface area contributed by atoms with Crippen LogP contribution >= 0.6 is 0 Å². The lowest BCUT2D eigenvalue weighted by Crippen LogP contribution is -2.01. The van der Waals surface area contributed by atoms with Crippen LogP contribution in [0, 0.1) is 0 Å². The highest BCUT2D eigenvalue weighted by Crippen LogP contribution is 2.20. The molecular weight excluding hydrogens is 210 g/mol. The number of carboxylic acid groups (broad SMARTS) is 1. The van der Waals surface area contributed by atoms with Gasteiger partial charge >= 0.3 is 11.9 Å². The zero-order valence-electron chi connectivity index (χ0n) is 8.48. The number of nitrogens with one attached hydrogen (secondary N) is 1. The van der Waals surface area contributed by atoms with Crippen molar-refractivity contribution in [1.29, 1.82) is 0 Å². The van der Waals surface area contributed by atoms with Gasteiger partial charge in [0.25, 0.3) is 0 Å². The van der Waals surface area contributed by atoms with Gasteiger partial charge in [-0.25, -0.2) is 9.59 Å². The van der Waals surface area contributed by atoms with Crippen LogP contribution in [-0.4, -0.2) is 29.1 Å². The summed E-state index contributed by atoms with van der Waals surface area (Å²) in [5, 5.41) is 9.42. The minimum absolute atomic E-state index is 0.140. The molecule has 0 amide bonds. The number of esters is 1. The lowest BCUT2D eigenvalue weighted by atomic mass is 10.1. The molecule has 0 aliphatic rings. The zero-order valence-corrected chi connectivity index (χ0v) is 8.48. The molecule has 0 aliphatic heterocycles. The predicted octanol–water partition coefficient (Wildman–Crippen LogP) is 1.65. The summed E-state index contributed by atoms with van der Waals surface area (Å²) in [5.41, 5.74) is 1.14. The number of benzene rings is 1. The number of hydrogen-bond acceptors (Lipinski definition) is 3. The van der Waals surface area contributed by atoms with E-state index < -0.39 is 11.9 Å². The first-order valence-corrected chi connectivity index (χ1v) is 4.56. The molecule has 82 valence electrons. The molecule has 5 heteroatoms. The lowest BCUT2D eigenvalue weighted by molar-refractivity contribution is 0.0599. The number of hydrogen-bond donors (Lipinski definition) is 2. The third kappa shape index (κ3) is 1.52. The lowest BCUT2D eigenvalue weighted by Gasteiger charge is -1.99. The molecule has 5 nitrogen and oxygen atoms in total. The van der Waals surface area contributed by atoms with Crippen LogP contribution in [0.3, 0.4) is 0 Å². The largest absolute Gasteiger partial charge is 0.478 e. The van der Waals surface area contributed by atoms with Crippen molar-refractivity contribution in [1.82, 2.24) is 4.98 Å². The smallest absolute Gasteiger partial charge is 0.337 e. The molecule has 0 atom stereocenters. The molecule has 0 radical (unpaired) electrons. The Hall–Kier alpha value is -2.30. The highest BCUT2D eigenvalue weighted by atomic mass is 16.5. The molecule has 0 spiro atoms. The summed E-state index contributed by atoms with van der Waals surface area (Å²) in [6, 6.07) is 4.73. The van der Waals surface area contributed by atoms with Gasteiger partial charge in [-0.05, 0) is 18.2 Å². The topological polar surface area (TPSA) is 79.4 Å². The van der Waals surface area contributed by atoms with Gasteiger partial charge in [0.15, 0.2) is 0 Å². The molecule has 0 unspecified atom stereocenters. The molecule has 1 aromatic carbocycles. The number of carboxylic acids is 1. The quantitative estimate of drug-likeness (QED) is 0.752. The van der Waals surface area contributed by atoms with Gasteiger partial charge in [0.1, 0.15) is 0 Å². The Morgan fingerprint density at radius 3 is 2.75 bits per heavy atom. The van der Waals surface area contributed by atoms with Crippen molar-refractivity contribution in [3.05, 3.63) is 35.5 Å². The molecule has 1 heterocycles. The summed E-state index contributed by atoms with van der Waals surface area (Å²) in [5.74, 6) is -1.52. The normalized spacial score (nSPS) is 10.3. The minimum Gasteiger partial charge on any atom is -0.478 e. The Bertz CT molecular complexity index is 570. The summed E-state index contributed by atoms with van der Waals surface area (Å²) >= 11 is 0. The Morgan fingerprint density at radius 2 is 2.12 bits per heavy atom. The molecule has 2 N–H and O–H groups in total. The van der Waals surface area contributed by atoms with Gasteiger partial charge in [-0.1, -0.05) is 0 Å². The van der Waals surface area contributed by atoms with Crippen LogP contribution in [0.15, 0.2) is 24.4 Å². The number of aromatic carboxylic acids is 1. The molecular formula is C11H9NO4. The van der Waals surface area contributed by atoms with Gasteiger partial charge in [-0.15, -0.1) is 0 Å². The van der Waals surface area contributed by atoms with Crippen molar-refractivity contribution in [3.8, 4) is 0 Å². The second-order valence-corrected chi connectivity index (χ2v) is 3.26. The first-order valence-electron chi connectivity index (χ1n) is 4.56. The SMILES string of the molecule is COC(=O)c1ccc2[nH]cc(C(=O)O)c2c1. The van der Waals surface area contributed by atoms with E-state index in [-0.39, 0.29) is 5.56 Å². The molecule has 16 heavy (non-hydrogen) atoms. The van der Waals surface area contributed by atoms with Crippen molar-refractivity contribution in [2.75, 3.05) is 7.11 Å². The Labute approximate surface area is 90.6 Å². The van der Waals surface area contributed by atoms with Crippen LogP contribution in [0.1, 0.15) is 20.7 Å². The monoisotopic (exact) mass is 219 g/mol. The van der Waals surface area contributed by atoms with Gasteiger partial charge < -0.3 is 14.8 Å². The van der Waals surface area contributed by atoms with E-state index in [1.165, 1.54) is 19.4 Å². The molecule has 2 aromatic rings.